The number of anilines is 1. The Bertz CT molecular complexity index is 1080. The lowest BCUT2D eigenvalue weighted by Gasteiger charge is -2.48. The molecule has 1 aliphatic heterocycles. The predicted molar refractivity (Wildman–Crippen MR) is 139 cm³/mol. The number of ether oxygens (including phenoxy) is 1. The first-order chi connectivity index (χ1) is 16.3. The average molecular weight is 521 g/mol. The molecule has 2 amide bonds. The number of carbonyl (C=O) groups excluding carboxylic acids is 1. The van der Waals surface area contributed by atoms with Gasteiger partial charge in [0.1, 0.15) is 16.4 Å². The van der Waals surface area contributed by atoms with E-state index in [0.717, 1.165) is 0 Å². The lowest BCUT2D eigenvalue weighted by molar-refractivity contribution is -0.129. The van der Waals surface area contributed by atoms with Crippen molar-refractivity contribution in [2.24, 2.45) is 5.92 Å². The van der Waals surface area contributed by atoms with Crippen LogP contribution in [0.5, 0.6) is 0 Å². The smallest absolute Gasteiger partial charge is 0.413 e. The number of nitrogens with one attached hydrogen (secondary N) is 2. The number of hydrogen-bond acceptors (Lipinski definition) is 7. The molecule has 190 valence electrons. The van der Waals surface area contributed by atoms with Crippen LogP contribution in [0.2, 0.25) is 0 Å². The second kappa shape index (κ2) is 10.2. The van der Waals surface area contributed by atoms with Gasteiger partial charge in [-0.25, -0.2) is 9.78 Å². The summed E-state index contributed by atoms with van der Waals surface area (Å²) in [6, 6.07) is 8.68. The number of thiocarbonyl (C=S) groups is 1. The van der Waals surface area contributed by atoms with Gasteiger partial charge in [-0.05, 0) is 65.4 Å². The zero-order valence-electron chi connectivity index (χ0n) is 20.5. The minimum absolute atomic E-state index is 0.0586. The van der Waals surface area contributed by atoms with Gasteiger partial charge in [0, 0.05) is 29.0 Å². The zero-order valence-corrected chi connectivity index (χ0v) is 22.1. The van der Waals surface area contributed by atoms with Crippen LogP contribution in [0.3, 0.4) is 0 Å². The third-order valence-corrected chi connectivity index (χ3v) is 7.12. The van der Waals surface area contributed by atoms with Gasteiger partial charge in [-0.2, -0.15) is 0 Å². The summed E-state index contributed by atoms with van der Waals surface area (Å²) in [5, 5.41) is 28.3. The van der Waals surface area contributed by atoms with Crippen LogP contribution in [-0.2, 0) is 10.3 Å². The summed E-state index contributed by atoms with van der Waals surface area (Å²) in [5.41, 5.74) is -1.84. The van der Waals surface area contributed by atoms with Gasteiger partial charge in [0.2, 0.25) is 0 Å². The maximum atomic E-state index is 12.7. The molecule has 35 heavy (non-hydrogen) atoms. The van der Waals surface area contributed by atoms with Gasteiger partial charge in [-0.15, -0.1) is 11.3 Å². The Morgan fingerprint density at radius 1 is 1.29 bits per heavy atom. The summed E-state index contributed by atoms with van der Waals surface area (Å²) in [7, 11) is 0. The second-order valence-corrected chi connectivity index (χ2v) is 11.4. The molecule has 1 saturated heterocycles. The predicted octanol–water partition coefficient (Wildman–Crippen LogP) is 3.73. The SMILES string of the molecule is CC1(C)C[C@@H](CO)[C@](NC(=S)NC(=O)c2ccccc2)(c2nc(N(C(=O)O)C(C)(C)C)cs2)CO1. The van der Waals surface area contributed by atoms with Crippen LogP contribution in [0.15, 0.2) is 35.7 Å². The molecule has 0 saturated carbocycles. The summed E-state index contributed by atoms with van der Waals surface area (Å²) >= 11 is 6.74. The van der Waals surface area contributed by atoms with Crippen molar-refractivity contribution in [3.63, 3.8) is 0 Å². The molecular formula is C24H32N4O5S2. The molecule has 0 aliphatic carbocycles. The summed E-state index contributed by atoms with van der Waals surface area (Å²) in [5.74, 6) is -0.475. The first kappa shape index (κ1) is 27.0. The Kier molecular flexibility index (Phi) is 7.85. The third-order valence-electron chi connectivity index (χ3n) is 5.91. The van der Waals surface area contributed by atoms with Gasteiger partial charge in [-0.3, -0.25) is 15.0 Å². The fourth-order valence-corrected chi connectivity index (χ4v) is 5.49. The number of benzene rings is 1. The minimum Gasteiger partial charge on any atom is -0.465 e. The fourth-order valence-electron chi connectivity index (χ4n) is 4.20. The summed E-state index contributed by atoms with van der Waals surface area (Å²) < 4.78 is 6.13. The van der Waals surface area contributed by atoms with Gasteiger partial charge in [0.05, 0.1) is 12.2 Å². The monoisotopic (exact) mass is 520 g/mol. The van der Waals surface area contributed by atoms with E-state index < -0.39 is 22.8 Å². The molecule has 9 nitrogen and oxygen atoms in total. The van der Waals surface area contributed by atoms with Crippen molar-refractivity contribution < 1.29 is 24.5 Å². The number of aromatic nitrogens is 1. The van der Waals surface area contributed by atoms with Crippen LogP contribution in [-0.4, -0.2) is 56.7 Å². The molecule has 4 N–H and O–H groups in total. The summed E-state index contributed by atoms with van der Waals surface area (Å²) in [4.78, 5) is 30.5. The van der Waals surface area contributed by atoms with E-state index in [1.807, 2.05) is 19.9 Å². The number of hydrogen-bond donors (Lipinski definition) is 4. The highest BCUT2D eigenvalue weighted by Gasteiger charge is 2.51. The van der Waals surface area contributed by atoms with Crippen LogP contribution in [0.1, 0.15) is 56.4 Å². The Hall–Kier alpha value is -2.60. The quantitative estimate of drug-likeness (QED) is 0.440. The van der Waals surface area contributed by atoms with E-state index in [9.17, 15) is 19.8 Å². The van der Waals surface area contributed by atoms with E-state index in [0.29, 0.717) is 17.0 Å². The molecule has 11 heteroatoms. The fraction of sp³-hybridized carbons (Fsp3) is 0.500. The van der Waals surface area contributed by atoms with Gasteiger partial charge in [0.25, 0.3) is 5.91 Å². The van der Waals surface area contributed by atoms with Crippen LogP contribution in [0.4, 0.5) is 10.6 Å². The van der Waals surface area contributed by atoms with E-state index in [4.69, 9.17) is 17.0 Å². The molecular weight excluding hydrogens is 488 g/mol. The average Bonchev–Trinajstić information content (AvgIpc) is 3.23. The first-order valence-corrected chi connectivity index (χ1v) is 12.5. The van der Waals surface area contributed by atoms with Crippen LogP contribution >= 0.6 is 23.6 Å². The Morgan fingerprint density at radius 3 is 2.51 bits per heavy atom. The molecule has 1 aromatic heterocycles. The molecule has 2 heterocycles. The number of carbonyl (C=O) groups is 2. The molecule has 2 atom stereocenters. The number of thiazole rings is 1. The van der Waals surface area contributed by atoms with Crippen LogP contribution in [0, 0.1) is 5.92 Å². The Labute approximate surface area is 214 Å². The molecule has 0 unspecified atom stereocenters. The number of nitrogens with zero attached hydrogens (tertiary/aromatic N) is 2. The Balaban J connectivity index is 1.97. The van der Waals surface area contributed by atoms with E-state index in [1.54, 1.807) is 50.4 Å². The summed E-state index contributed by atoms with van der Waals surface area (Å²) in [6.45, 7) is 9.15. The minimum atomic E-state index is -1.12. The lowest BCUT2D eigenvalue weighted by Crippen LogP contribution is -2.62. The molecule has 0 radical (unpaired) electrons. The van der Waals surface area contributed by atoms with Crippen molar-refractivity contribution in [1.29, 1.82) is 0 Å². The largest absolute Gasteiger partial charge is 0.465 e. The molecule has 1 aliphatic rings. The number of rotatable bonds is 5. The molecule has 2 aromatic rings. The van der Waals surface area contributed by atoms with Gasteiger partial charge >= 0.3 is 6.09 Å². The molecule has 0 spiro atoms. The van der Waals surface area contributed by atoms with Crippen molar-refractivity contribution in [2.75, 3.05) is 18.1 Å². The van der Waals surface area contributed by atoms with Gasteiger partial charge in [0.15, 0.2) is 5.11 Å². The first-order valence-electron chi connectivity index (χ1n) is 11.2. The topological polar surface area (TPSA) is 124 Å². The van der Waals surface area contributed by atoms with Crippen molar-refractivity contribution in [3.05, 3.63) is 46.3 Å². The number of amides is 2. The highest BCUT2D eigenvalue weighted by Crippen LogP contribution is 2.43. The van der Waals surface area contributed by atoms with E-state index in [1.165, 1.54) is 16.2 Å². The standard InChI is InChI=1S/C24H32N4O5S2/c1-22(2,3)28(21(31)32)17-13-35-19(25-17)24(14-33-23(4,5)11-16(24)12-29)27-20(34)26-18(30)15-9-7-6-8-10-15/h6-10,13,16,29H,11-12,14H2,1-5H3,(H,31,32)(H2,26,27,30,34)/t16-,24-/m0/s1. The molecule has 0 bridgehead atoms. The third kappa shape index (κ3) is 5.97. The molecule has 1 aromatic carbocycles. The second-order valence-electron chi connectivity index (χ2n) is 10.2. The van der Waals surface area contributed by atoms with Crippen LogP contribution in [0.25, 0.3) is 0 Å². The highest BCUT2D eigenvalue weighted by atomic mass is 32.1. The molecule has 1 fully saturated rings. The van der Waals surface area contributed by atoms with Crippen molar-refractivity contribution >= 4 is 46.5 Å². The number of carboxylic acid groups (broad SMARTS) is 1. The summed E-state index contributed by atoms with van der Waals surface area (Å²) in [6.07, 6.45) is -0.635. The van der Waals surface area contributed by atoms with Crippen LogP contribution < -0.4 is 15.5 Å². The van der Waals surface area contributed by atoms with Gasteiger partial charge in [-0.1, -0.05) is 18.2 Å². The normalized spacial score (nSPS) is 21.7. The maximum absolute atomic E-state index is 12.7. The molecule has 3 rings (SSSR count). The maximum Gasteiger partial charge on any atom is 0.413 e. The van der Waals surface area contributed by atoms with Crippen molar-refractivity contribution in [3.8, 4) is 0 Å². The van der Waals surface area contributed by atoms with Crippen molar-refractivity contribution in [2.45, 2.75) is 57.7 Å². The van der Waals surface area contributed by atoms with Crippen molar-refractivity contribution in [1.82, 2.24) is 15.6 Å². The lowest BCUT2D eigenvalue weighted by atomic mass is 9.76. The number of aliphatic hydroxyl groups is 1. The number of aliphatic hydroxyl groups excluding tert-OH is 1. The van der Waals surface area contributed by atoms with E-state index in [-0.39, 0.29) is 36.0 Å². The zero-order chi connectivity index (χ0) is 26.0. The van der Waals surface area contributed by atoms with Gasteiger partial charge < -0.3 is 20.3 Å². The van der Waals surface area contributed by atoms with E-state index >= 15 is 0 Å². The Morgan fingerprint density at radius 2 is 1.94 bits per heavy atom. The highest BCUT2D eigenvalue weighted by molar-refractivity contribution is 7.80. The van der Waals surface area contributed by atoms with E-state index in [2.05, 4.69) is 15.6 Å².